The highest BCUT2D eigenvalue weighted by Gasteiger charge is 2.32. The van der Waals surface area contributed by atoms with E-state index in [9.17, 15) is 23.6 Å². The number of benzene rings is 1. The van der Waals surface area contributed by atoms with E-state index in [1.807, 2.05) is 0 Å². The fraction of sp³-hybridized carbons (Fsp3) is 0.278. The SMILES string of the molecule is CCOC(=O)CNC(=O)[C@H](C)N(C(=O)c1snc(C(N)=O)c1N)c1cccc(F)c1. The molecule has 0 saturated heterocycles. The standard InChI is InChI=1S/C18H20FN5O5S/c1-3-29-12(25)8-22-17(27)9(2)24(11-6-4-5-10(19)7-11)18(28)15-13(20)14(16(21)26)23-30-15/h4-7,9H,3,8,20H2,1-2H3,(H2,21,26)(H,22,27)/t9-/m0/s1. The predicted octanol–water partition coefficient (Wildman–Crippen LogP) is 0.678. The molecule has 2 rings (SSSR count). The van der Waals surface area contributed by atoms with Crippen molar-refractivity contribution in [2.45, 2.75) is 19.9 Å². The number of nitrogen functional groups attached to an aromatic ring is 1. The first kappa shape index (κ1) is 22.7. The molecule has 0 aliphatic carbocycles. The molecule has 0 saturated carbocycles. The van der Waals surface area contributed by atoms with Crippen LogP contribution in [0.5, 0.6) is 0 Å². The second-order valence-corrected chi connectivity index (χ2v) is 6.77. The van der Waals surface area contributed by atoms with Gasteiger partial charge in [0.05, 0.1) is 12.3 Å². The maximum Gasteiger partial charge on any atom is 0.325 e. The molecule has 0 bridgehead atoms. The second-order valence-electron chi connectivity index (χ2n) is 5.99. The third-order valence-corrected chi connectivity index (χ3v) is 4.79. The van der Waals surface area contributed by atoms with Crippen LogP contribution in [-0.2, 0) is 14.3 Å². The lowest BCUT2D eigenvalue weighted by atomic mass is 10.1. The van der Waals surface area contributed by atoms with E-state index in [1.165, 1.54) is 25.1 Å². The zero-order valence-corrected chi connectivity index (χ0v) is 17.0. The predicted molar refractivity (Wildman–Crippen MR) is 107 cm³/mol. The Balaban J connectivity index is 2.38. The smallest absolute Gasteiger partial charge is 0.325 e. The van der Waals surface area contributed by atoms with Gasteiger partial charge >= 0.3 is 5.97 Å². The number of hydrogen-bond donors (Lipinski definition) is 3. The Hall–Kier alpha value is -3.54. The number of esters is 1. The number of ether oxygens (including phenoxy) is 1. The van der Waals surface area contributed by atoms with Crippen LogP contribution in [-0.4, -0.2) is 47.3 Å². The molecule has 0 fully saturated rings. The van der Waals surface area contributed by atoms with Crippen LogP contribution in [0, 0.1) is 5.82 Å². The number of halogens is 1. The van der Waals surface area contributed by atoms with E-state index < -0.39 is 42.1 Å². The highest BCUT2D eigenvalue weighted by Crippen LogP contribution is 2.27. The molecule has 0 spiro atoms. The van der Waals surface area contributed by atoms with E-state index in [0.717, 1.165) is 11.0 Å². The van der Waals surface area contributed by atoms with Crippen molar-refractivity contribution < 1.29 is 28.3 Å². The summed E-state index contributed by atoms with van der Waals surface area (Å²) in [4.78, 5) is 49.5. The molecule has 3 amide bonds. The summed E-state index contributed by atoms with van der Waals surface area (Å²) in [6.45, 7) is 2.74. The lowest BCUT2D eigenvalue weighted by Gasteiger charge is -2.28. The van der Waals surface area contributed by atoms with E-state index >= 15 is 0 Å². The Morgan fingerprint density at radius 1 is 1.33 bits per heavy atom. The molecular weight excluding hydrogens is 417 g/mol. The lowest BCUT2D eigenvalue weighted by Crippen LogP contribution is -2.49. The van der Waals surface area contributed by atoms with Crippen LogP contribution in [0.4, 0.5) is 15.8 Å². The molecule has 10 nitrogen and oxygen atoms in total. The highest BCUT2D eigenvalue weighted by molar-refractivity contribution is 7.09. The third kappa shape index (κ3) is 5.08. The van der Waals surface area contributed by atoms with Crippen molar-refractivity contribution in [1.82, 2.24) is 9.69 Å². The van der Waals surface area contributed by atoms with E-state index in [0.29, 0.717) is 11.5 Å². The number of rotatable bonds is 8. The Morgan fingerprint density at radius 3 is 2.60 bits per heavy atom. The first-order chi connectivity index (χ1) is 14.2. The summed E-state index contributed by atoms with van der Waals surface area (Å²) in [5.74, 6) is -3.69. The highest BCUT2D eigenvalue weighted by atomic mass is 32.1. The quantitative estimate of drug-likeness (QED) is 0.512. The molecule has 1 aromatic carbocycles. The summed E-state index contributed by atoms with van der Waals surface area (Å²) < 4.78 is 22.3. The molecule has 1 aromatic heterocycles. The van der Waals surface area contributed by atoms with Crippen LogP contribution < -0.4 is 21.7 Å². The van der Waals surface area contributed by atoms with E-state index in [4.69, 9.17) is 16.2 Å². The Bertz CT molecular complexity index is 980. The number of aromatic nitrogens is 1. The van der Waals surface area contributed by atoms with Crippen LogP contribution in [0.25, 0.3) is 0 Å². The first-order valence-electron chi connectivity index (χ1n) is 8.74. The molecule has 0 radical (unpaired) electrons. The molecule has 0 aliphatic heterocycles. The number of nitrogens with zero attached hydrogens (tertiary/aromatic N) is 2. The Morgan fingerprint density at radius 2 is 2.03 bits per heavy atom. The molecule has 160 valence electrons. The molecule has 5 N–H and O–H groups in total. The van der Waals surface area contributed by atoms with Gasteiger partial charge in [-0.05, 0) is 43.6 Å². The fourth-order valence-corrected chi connectivity index (χ4v) is 3.26. The van der Waals surface area contributed by atoms with Gasteiger partial charge in [-0.1, -0.05) is 6.07 Å². The van der Waals surface area contributed by atoms with E-state index in [1.54, 1.807) is 6.92 Å². The summed E-state index contributed by atoms with van der Waals surface area (Å²) >= 11 is 0.627. The number of carbonyl (C=O) groups is 4. The molecular formula is C18H20FN5O5S. The van der Waals surface area contributed by atoms with Gasteiger partial charge in [-0.15, -0.1) is 0 Å². The monoisotopic (exact) mass is 437 g/mol. The molecule has 0 aliphatic rings. The average molecular weight is 437 g/mol. The van der Waals surface area contributed by atoms with Gasteiger partial charge in [0.2, 0.25) is 5.91 Å². The van der Waals surface area contributed by atoms with Crippen molar-refractivity contribution in [3.63, 3.8) is 0 Å². The van der Waals surface area contributed by atoms with Gasteiger partial charge in [0.25, 0.3) is 11.8 Å². The molecule has 12 heteroatoms. The third-order valence-electron chi connectivity index (χ3n) is 3.94. The molecule has 30 heavy (non-hydrogen) atoms. The molecule has 1 heterocycles. The number of anilines is 2. The van der Waals surface area contributed by atoms with Gasteiger partial charge in [-0.3, -0.25) is 24.1 Å². The number of nitrogens with one attached hydrogen (secondary N) is 1. The number of amides is 3. The van der Waals surface area contributed by atoms with Gasteiger partial charge in [-0.2, -0.15) is 4.37 Å². The summed E-state index contributed by atoms with van der Waals surface area (Å²) in [5.41, 5.74) is 10.5. The zero-order valence-electron chi connectivity index (χ0n) is 16.2. The Kier molecular flexibility index (Phi) is 7.42. The van der Waals surface area contributed by atoms with Gasteiger partial charge < -0.3 is 21.5 Å². The summed E-state index contributed by atoms with van der Waals surface area (Å²) in [7, 11) is 0. The maximum atomic E-state index is 13.8. The van der Waals surface area contributed by atoms with Crippen molar-refractivity contribution in [3.05, 3.63) is 40.7 Å². The molecule has 0 unspecified atom stereocenters. The summed E-state index contributed by atoms with van der Waals surface area (Å²) in [6.07, 6.45) is 0. The topological polar surface area (TPSA) is 158 Å². The lowest BCUT2D eigenvalue weighted by molar-refractivity contribution is -0.143. The minimum absolute atomic E-state index is 0.0622. The minimum atomic E-state index is -1.17. The number of carbonyl (C=O) groups excluding carboxylic acids is 4. The van der Waals surface area contributed by atoms with E-state index in [-0.39, 0.29) is 28.6 Å². The van der Waals surface area contributed by atoms with Crippen LogP contribution in [0.1, 0.15) is 34.0 Å². The zero-order chi connectivity index (χ0) is 22.4. The molecule has 1 atom stereocenters. The number of nitrogens with two attached hydrogens (primary N) is 2. The maximum absolute atomic E-state index is 13.8. The second kappa shape index (κ2) is 9.78. The summed E-state index contributed by atoms with van der Waals surface area (Å²) in [6, 6.07) is 3.83. The van der Waals surface area contributed by atoms with E-state index in [2.05, 4.69) is 9.69 Å². The van der Waals surface area contributed by atoms with Crippen LogP contribution in [0.2, 0.25) is 0 Å². The average Bonchev–Trinajstić information content (AvgIpc) is 3.08. The fourth-order valence-electron chi connectivity index (χ4n) is 2.52. The molecule has 2 aromatic rings. The van der Waals surface area contributed by atoms with Gasteiger partial charge in [0.1, 0.15) is 23.3 Å². The van der Waals surface area contributed by atoms with Gasteiger partial charge in [-0.25, -0.2) is 4.39 Å². The van der Waals surface area contributed by atoms with Crippen molar-refractivity contribution in [1.29, 1.82) is 0 Å². The van der Waals surface area contributed by atoms with Gasteiger partial charge in [0, 0.05) is 5.69 Å². The Labute approximate surface area is 175 Å². The van der Waals surface area contributed by atoms with Crippen molar-refractivity contribution in [2.24, 2.45) is 5.73 Å². The number of primary amides is 1. The largest absolute Gasteiger partial charge is 0.465 e. The van der Waals surface area contributed by atoms with Gasteiger partial charge in [0.15, 0.2) is 5.69 Å². The van der Waals surface area contributed by atoms with Crippen molar-refractivity contribution in [3.8, 4) is 0 Å². The summed E-state index contributed by atoms with van der Waals surface area (Å²) in [5, 5.41) is 2.36. The normalized spacial score (nSPS) is 11.4. The number of hydrogen-bond acceptors (Lipinski definition) is 8. The minimum Gasteiger partial charge on any atom is -0.465 e. The van der Waals surface area contributed by atoms with Crippen molar-refractivity contribution in [2.75, 3.05) is 23.8 Å². The van der Waals surface area contributed by atoms with Crippen LogP contribution in [0.15, 0.2) is 24.3 Å². The van der Waals surface area contributed by atoms with Crippen molar-refractivity contribution >= 4 is 46.6 Å². The first-order valence-corrected chi connectivity index (χ1v) is 9.52. The van der Waals surface area contributed by atoms with Crippen LogP contribution >= 0.6 is 11.5 Å². The van der Waals surface area contributed by atoms with Crippen LogP contribution in [0.3, 0.4) is 0 Å².